The zero-order valence-corrected chi connectivity index (χ0v) is 10.8. The van der Waals surface area contributed by atoms with E-state index in [-0.39, 0.29) is 11.6 Å². The molecule has 0 saturated carbocycles. The molecule has 19 heavy (non-hydrogen) atoms. The van der Waals surface area contributed by atoms with Gasteiger partial charge in [-0.1, -0.05) is 6.92 Å². The first kappa shape index (κ1) is 13.4. The van der Waals surface area contributed by atoms with Crippen LogP contribution in [-0.2, 0) is 4.74 Å². The highest BCUT2D eigenvalue weighted by Gasteiger charge is 2.12. The highest BCUT2D eigenvalue weighted by molar-refractivity contribution is 5.92. The summed E-state index contributed by atoms with van der Waals surface area (Å²) in [6, 6.07) is 5.08. The number of aromatic nitrogens is 1. The van der Waals surface area contributed by atoms with Gasteiger partial charge < -0.3 is 19.6 Å². The second-order valence-corrected chi connectivity index (χ2v) is 4.21. The van der Waals surface area contributed by atoms with Crippen molar-refractivity contribution in [3.8, 4) is 0 Å². The van der Waals surface area contributed by atoms with Gasteiger partial charge in [0.25, 0.3) is 6.01 Å². The number of carbonyl (C=O) groups is 1. The van der Waals surface area contributed by atoms with Gasteiger partial charge in [0, 0.05) is 7.11 Å². The summed E-state index contributed by atoms with van der Waals surface area (Å²) in [6.07, 6.45) is 0.868. The van der Waals surface area contributed by atoms with Crippen LogP contribution in [0, 0.1) is 0 Å². The Bertz CT molecular complexity index is 579. The van der Waals surface area contributed by atoms with Crippen LogP contribution in [0.5, 0.6) is 0 Å². The number of methoxy groups -OCH3 is 1. The van der Waals surface area contributed by atoms with Crippen LogP contribution in [-0.4, -0.2) is 35.8 Å². The van der Waals surface area contributed by atoms with Gasteiger partial charge in [-0.15, -0.1) is 0 Å². The van der Waals surface area contributed by atoms with Crippen molar-refractivity contribution in [1.29, 1.82) is 0 Å². The Labute approximate surface area is 110 Å². The summed E-state index contributed by atoms with van der Waals surface area (Å²) in [5, 5.41) is 12.0. The molecule has 0 aliphatic rings. The van der Waals surface area contributed by atoms with Gasteiger partial charge in [0.05, 0.1) is 18.2 Å². The lowest BCUT2D eigenvalue weighted by Gasteiger charge is -2.13. The smallest absolute Gasteiger partial charge is 0.335 e. The Hall–Kier alpha value is -2.08. The van der Waals surface area contributed by atoms with Gasteiger partial charge in [0.1, 0.15) is 5.52 Å². The fourth-order valence-electron chi connectivity index (χ4n) is 1.76. The molecule has 2 N–H and O–H groups in total. The second-order valence-electron chi connectivity index (χ2n) is 4.21. The fourth-order valence-corrected chi connectivity index (χ4v) is 1.76. The Morgan fingerprint density at radius 3 is 3.00 bits per heavy atom. The van der Waals surface area contributed by atoms with Crippen molar-refractivity contribution < 1.29 is 19.1 Å². The summed E-state index contributed by atoms with van der Waals surface area (Å²) in [6.45, 7) is 2.58. The van der Waals surface area contributed by atoms with E-state index in [1.165, 1.54) is 12.1 Å². The third-order valence-corrected chi connectivity index (χ3v) is 2.82. The number of hydrogen-bond acceptors (Lipinski definition) is 5. The molecular formula is C13H16N2O4. The van der Waals surface area contributed by atoms with Crippen molar-refractivity contribution in [3.05, 3.63) is 23.8 Å². The second kappa shape index (κ2) is 5.71. The van der Waals surface area contributed by atoms with E-state index in [0.29, 0.717) is 23.7 Å². The predicted octanol–water partition coefficient (Wildman–Crippen LogP) is 2.36. The predicted molar refractivity (Wildman–Crippen MR) is 70.5 cm³/mol. The first-order valence-electron chi connectivity index (χ1n) is 6.03. The molecule has 0 aliphatic carbocycles. The number of anilines is 1. The molecule has 0 bridgehead atoms. The molecule has 1 unspecified atom stereocenters. The number of ether oxygens (including phenoxy) is 1. The number of fused-ring (bicyclic) bond motifs is 1. The maximum absolute atomic E-state index is 10.9. The van der Waals surface area contributed by atoms with E-state index in [1.807, 2.05) is 6.92 Å². The fraction of sp³-hybridized carbons (Fsp3) is 0.385. The maximum atomic E-state index is 10.9. The average Bonchev–Trinajstić information content (AvgIpc) is 2.79. The molecule has 102 valence electrons. The van der Waals surface area contributed by atoms with Crippen LogP contribution >= 0.6 is 0 Å². The number of oxazole rings is 1. The van der Waals surface area contributed by atoms with Gasteiger partial charge in [0.15, 0.2) is 5.58 Å². The number of carboxylic acid groups (broad SMARTS) is 1. The lowest BCUT2D eigenvalue weighted by atomic mass is 10.2. The number of hydrogen-bond donors (Lipinski definition) is 2. The number of nitrogens with zero attached hydrogens (tertiary/aromatic N) is 1. The minimum absolute atomic E-state index is 0.108. The molecule has 6 heteroatoms. The van der Waals surface area contributed by atoms with Crippen LogP contribution < -0.4 is 5.32 Å². The van der Waals surface area contributed by atoms with E-state index >= 15 is 0 Å². The van der Waals surface area contributed by atoms with Crippen LogP contribution in [0.3, 0.4) is 0 Å². The van der Waals surface area contributed by atoms with Crippen LogP contribution in [0.25, 0.3) is 11.1 Å². The number of carboxylic acids is 1. The van der Waals surface area contributed by atoms with E-state index in [1.54, 1.807) is 13.2 Å². The van der Waals surface area contributed by atoms with E-state index < -0.39 is 5.97 Å². The molecule has 6 nitrogen and oxygen atoms in total. The molecule has 2 rings (SSSR count). The van der Waals surface area contributed by atoms with Crippen LogP contribution in [0.2, 0.25) is 0 Å². The number of aromatic carboxylic acids is 1. The molecule has 0 aliphatic heterocycles. The maximum Gasteiger partial charge on any atom is 0.335 e. The van der Waals surface area contributed by atoms with Gasteiger partial charge in [0.2, 0.25) is 0 Å². The minimum Gasteiger partial charge on any atom is -0.478 e. The summed E-state index contributed by atoms with van der Waals surface area (Å²) in [4.78, 5) is 15.1. The zero-order valence-electron chi connectivity index (χ0n) is 10.8. The number of nitrogens with one attached hydrogen (secondary N) is 1. The summed E-state index contributed by atoms with van der Waals surface area (Å²) >= 11 is 0. The molecule has 1 aromatic heterocycles. The van der Waals surface area contributed by atoms with E-state index in [9.17, 15) is 4.79 Å². The van der Waals surface area contributed by atoms with Gasteiger partial charge in [-0.25, -0.2) is 4.79 Å². The topological polar surface area (TPSA) is 84.6 Å². The Balaban J connectivity index is 2.23. The van der Waals surface area contributed by atoms with E-state index in [4.69, 9.17) is 14.3 Å². The third kappa shape index (κ3) is 3.03. The SMILES string of the molecule is CCC(COC)Nc1nc2ccc(C(=O)O)cc2o1. The van der Waals surface area contributed by atoms with Crippen molar-refractivity contribution in [2.75, 3.05) is 19.0 Å². The summed E-state index contributed by atoms with van der Waals surface area (Å²) in [5.41, 5.74) is 1.26. The summed E-state index contributed by atoms with van der Waals surface area (Å²) in [7, 11) is 1.63. The van der Waals surface area contributed by atoms with Crippen molar-refractivity contribution in [2.24, 2.45) is 0 Å². The number of rotatable bonds is 6. The first-order valence-corrected chi connectivity index (χ1v) is 6.03. The van der Waals surface area contributed by atoms with Gasteiger partial charge >= 0.3 is 5.97 Å². The molecule has 0 radical (unpaired) electrons. The summed E-state index contributed by atoms with van der Waals surface area (Å²) < 4.78 is 10.6. The molecule has 0 fully saturated rings. The van der Waals surface area contributed by atoms with Crippen LogP contribution in [0.15, 0.2) is 22.6 Å². The zero-order chi connectivity index (χ0) is 13.8. The largest absolute Gasteiger partial charge is 0.478 e. The normalized spacial score (nSPS) is 12.5. The Morgan fingerprint density at radius 2 is 2.37 bits per heavy atom. The standard InChI is InChI=1S/C13H16N2O4/c1-3-9(7-18-2)14-13-15-10-5-4-8(12(16)17)6-11(10)19-13/h4-6,9H,3,7H2,1-2H3,(H,14,15)(H,16,17). The molecule has 0 spiro atoms. The first-order chi connectivity index (χ1) is 9.13. The van der Waals surface area contributed by atoms with Crippen LogP contribution in [0.4, 0.5) is 6.01 Å². The highest BCUT2D eigenvalue weighted by Crippen LogP contribution is 2.21. The van der Waals surface area contributed by atoms with Crippen molar-refractivity contribution in [3.63, 3.8) is 0 Å². The molecule has 0 amide bonds. The lowest BCUT2D eigenvalue weighted by Crippen LogP contribution is -2.23. The van der Waals surface area contributed by atoms with Gasteiger partial charge in [-0.3, -0.25) is 0 Å². The van der Waals surface area contributed by atoms with Crippen molar-refractivity contribution >= 4 is 23.1 Å². The molecular weight excluding hydrogens is 248 g/mol. The molecule has 2 aromatic rings. The highest BCUT2D eigenvalue weighted by atomic mass is 16.5. The lowest BCUT2D eigenvalue weighted by molar-refractivity contribution is 0.0697. The molecule has 1 heterocycles. The molecule has 1 atom stereocenters. The van der Waals surface area contributed by atoms with E-state index in [0.717, 1.165) is 6.42 Å². The monoisotopic (exact) mass is 264 g/mol. The number of benzene rings is 1. The average molecular weight is 264 g/mol. The Morgan fingerprint density at radius 1 is 1.58 bits per heavy atom. The minimum atomic E-state index is -0.987. The van der Waals surface area contributed by atoms with Crippen molar-refractivity contribution in [1.82, 2.24) is 4.98 Å². The van der Waals surface area contributed by atoms with Gasteiger partial charge in [-0.05, 0) is 24.6 Å². The third-order valence-electron chi connectivity index (χ3n) is 2.82. The van der Waals surface area contributed by atoms with Crippen LogP contribution in [0.1, 0.15) is 23.7 Å². The molecule has 0 saturated heterocycles. The van der Waals surface area contributed by atoms with E-state index in [2.05, 4.69) is 10.3 Å². The van der Waals surface area contributed by atoms with Gasteiger partial charge in [-0.2, -0.15) is 4.98 Å². The molecule has 1 aromatic carbocycles. The Kier molecular flexibility index (Phi) is 4.01. The van der Waals surface area contributed by atoms with Crippen molar-refractivity contribution in [2.45, 2.75) is 19.4 Å². The quantitative estimate of drug-likeness (QED) is 0.833. The summed E-state index contributed by atoms with van der Waals surface area (Å²) in [5.74, 6) is -0.987.